The minimum absolute atomic E-state index is 0.472. The van der Waals surface area contributed by atoms with Gasteiger partial charge < -0.3 is 4.74 Å². The molecule has 102 valence electrons. The van der Waals surface area contributed by atoms with E-state index >= 15 is 0 Å². The van der Waals surface area contributed by atoms with Crippen LogP contribution >= 0.6 is 0 Å². The largest absolute Gasteiger partial charge is 0.489 e. The highest BCUT2D eigenvalue weighted by atomic mass is 16.5. The fourth-order valence-electron chi connectivity index (χ4n) is 2.83. The molecule has 3 rings (SSSR count). The maximum Gasteiger partial charge on any atom is 0.131 e. The molecule has 1 aliphatic heterocycles. The Hall–Kier alpha value is -2.02. The van der Waals surface area contributed by atoms with Crippen molar-refractivity contribution in [3.63, 3.8) is 0 Å². The highest BCUT2D eigenvalue weighted by Gasteiger charge is 2.21. The summed E-state index contributed by atoms with van der Waals surface area (Å²) in [5, 5.41) is 0. The summed E-state index contributed by atoms with van der Waals surface area (Å²) in [6, 6.07) is 15.0. The van der Waals surface area contributed by atoms with E-state index in [1.165, 1.54) is 27.8 Å². The molecule has 0 saturated heterocycles. The van der Waals surface area contributed by atoms with Crippen LogP contribution in [0.4, 0.5) is 0 Å². The molecule has 2 aromatic carbocycles. The molecule has 0 spiro atoms. The van der Waals surface area contributed by atoms with Gasteiger partial charge in [0, 0.05) is 5.56 Å². The van der Waals surface area contributed by atoms with E-state index in [4.69, 9.17) is 4.74 Å². The zero-order chi connectivity index (χ0) is 14.1. The van der Waals surface area contributed by atoms with E-state index in [1.54, 1.807) is 0 Å². The van der Waals surface area contributed by atoms with E-state index in [0.29, 0.717) is 12.5 Å². The van der Waals surface area contributed by atoms with E-state index in [0.717, 1.165) is 5.75 Å². The molecule has 0 fully saturated rings. The predicted octanol–water partition coefficient (Wildman–Crippen LogP) is 4.94. The minimum atomic E-state index is 0.472. The van der Waals surface area contributed by atoms with Crippen LogP contribution in [0, 0.1) is 6.92 Å². The molecule has 1 heteroatoms. The van der Waals surface area contributed by atoms with Gasteiger partial charge in [0.2, 0.25) is 0 Å². The summed E-state index contributed by atoms with van der Waals surface area (Å²) in [5.41, 5.74) is 6.40. The van der Waals surface area contributed by atoms with Crippen LogP contribution in [0.15, 0.2) is 48.5 Å². The third-order valence-corrected chi connectivity index (χ3v) is 3.89. The molecule has 0 N–H and O–H groups in total. The Labute approximate surface area is 120 Å². The topological polar surface area (TPSA) is 9.23 Å². The zero-order valence-corrected chi connectivity index (χ0v) is 12.3. The van der Waals surface area contributed by atoms with Crippen LogP contribution < -0.4 is 4.74 Å². The second-order valence-corrected chi connectivity index (χ2v) is 5.63. The molecule has 20 heavy (non-hydrogen) atoms. The predicted molar refractivity (Wildman–Crippen MR) is 84.3 cm³/mol. The molecule has 1 aliphatic rings. The van der Waals surface area contributed by atoms with Crippen LogP contribution in [0.5, 0.6) is 5.75 Å². The first kappa shape index (κ1) is 13.0. The Kier molecular flexibility index (Phi) is 3.35. The summed E-state index contributed by atoms with van der Waals surface area (Å²) in [5.74, 6) is 1.54. The van der Waals surface area contributed by atoms with E-state index in [9.17, 15) is 0 Å². The Balaban J connectivity index is 2.21. The molecular weight excluding hydrogens is 244 g/mol. The molecule has 0 saturated carbocycles. The van der Waals surface area contributed by atoms with E-state index in [2.05, 4.69) is 69.3 Å². The van der Waals surface area contributed by atoms with Gasteiger partial charge in [-0.05, 0) is 41.2 Å². The quantitative estimate of drug-likeness (QED) is 0.746. The van der Waals surface area contributed by atoms with E-state index in [1.807, 2.05) is 0 Å². The number of aryl methyl sites for hydroxylation is 1. The average Bonchev–Trinajstić information content (AvgIpc) is 2.47. The molecule has 0 unspecified atom stereocenters. The SMILES string of the molecule is Cc1ccc(C(C)C)c2c1C(c1ccccc1)=CCO2. The molecule has 0 atom stereocenters. The molecule has 0 bridgehead atoms. The van der Waals surface area contributed by atoms with Crippen LogP contribution in [-0.2, 0) is 0 Å². The van der Waals surface area contributed by atoms with Crippen molar-refractivity contribution in [2.75, 3.05) is 6.61 Å². The van der Waals surface area contributed by atoms with Crippen LogP contribution in [0.3, 0.4) is 0 Å². The van der Waals surface area contributed by atoms with Crippen LogP contribution in [0.1, 0.15) is 42.0 Å². The van der Waals surface area contributed by atoms with Gasteiger partial charge in [0.1, 0.15) is 12.4 Å². The summed E-state index contributed by atoms with van der Waals surface area (Å²) in [6.07, 6.45) is 2.19. The van der Waals surface area contributed by atoms with Gasteiger partial charge in [0.15, 0.2) is 0 Å². The van der Waals surface area contributed by atoms with Crippen LogP contribution in [0.2, 0.25) is 0 Å². The van der Waals surface area contributed by atoms with Crippen molar-refractivity contribution < 1.29 is 4.74 Å². The number of ether oxygens (including phenoxy) is 1. The van der Waals surface area contributed by atoms with Gasteiger partial charge in [-0.2, -0.15) is 0 Å². The molecule has 1 heterocycles. The highest BCUT2D eigenvalue weighted by Crippen LogP contribution is 2.41. The van der Waals surface area contributed by atoms with Crippen molar-refractivity contribution >= 4 is 5.57 Å². The molecule has 1 nitrogen and oxygen atoms in total. The Morgan fingerprint density at radius 2 is 1.75 bits per heavy atom. The third kappa shape index (κ3) is 2.14. The number of hydrogen-bond acceptors (Lipinski definition) is 1. The molecule has 2 aromatic rings. The Morgan fingerprint density at radius 3 is 2.45 bits per heavy atom. The normalized spacial score (nSPS) is 13.7. The van der Waals surface area contributed by atoms with Gasteiger partial charge in [-0.15, -0.1) is 0 Å². The van der Waals surface area contributed by atoms with Crippen molar-refractivity contribution in [3.8, 4) is 5.75 Å². The molecule has 0 radical (unpaired) electrons. The van der Waals surface area contributed by atoms with E-state index in [-0.39, 0.29) is 0 Å². The summed E-state index contributed by atoms with van der Waals surface area (Å²) in [4.78, 5) is 0. The van der Waals surface area contributed by atoms with Crippen LogP contribution in [-0.4, -0.2) is 6.61 Å². The summed E-state index contributed by atoms with van der Waals surface area (Å²) in [6.45, 7) is 7.25. The van der Waals surface area contributed by atoms with Gasteiger partial charge in [0.25, 0.3) is 0 Å². The lowest BCUT2D eigenvalue weighted by Crippen LogP contribution is -2.10. The average molecular weight is 264 g/mol. The van der Waals surface area contributed by atoms with Gasteiger partial charge in [-0.3, -0.25) is 0 Å². The zero-order valence-electron chi connectivity index (χ0n) is 12.3. The van der Waals surface area contributed by atoms with Crippen molar-refractivity contribution in [3.05, 3.63) is 70.8 Å². The van der Waals surface area contributed by atoms with Crippen LogP contribution in [0.25, 0.3) is 5.57 Å². The number of fused-ring (bicyclic) bond motifs is 1. The Bertz CT molecular complexity index is 651. The second kappa shape index (κ2) is 5.16. The molecule has 0 aromatic heterocycles. The number of benzene rings is 2. The highest BCUT2D eigenvalue weighted by molar-refractivity contribution is 5.86. The standard InChI is InChI=1S/C19H20O/c1-13(2)16-10-9-14(3)18-17(11-12-20-19(16)18)15-7-5-4-6-8-15/h4-11,13H,12H2,1-3H3. The van der Waals surface area contributed by atoms with Crippen molar-refractivity contribution in [1.29, 1.82) is 0 Å². The number of rotatable bonds is 2. The summed E-state index contributed by atoms with van der Waals surface area (Å²) < 4.78 is 5.97. The van der Waals surface area contributed by atoms with E-state index < -0.39 is 0 Å². The first-order valence-corrected chi connectivity index (χ1v) is 7.20. The first-order valence-electron chi connectivity index (χ1n) is 7.20. The fourth-order valence-corrected chi connectivity index (χ4v) is 2.83. The van der Waals surface area contributed by atoms with Gasteiger partial charge in [-0.1, -0.05) is 56.3 Å². The summed E-state index contributed by atoms with van der Waals surface area (Å²) in [7, 11) is 0. The first-order chi connectivity index (χ1) is 9.68. The monoisotopic (exact) mass is 264 g/mol. The van der Waals surface area contributed by atoms with Gasteiger partial charge >= 0.3 is 0 Å². The summed E-state index contributed by atoms with van der Waals surface area (Å²) >= 11 is 0. The molecular formula is C19H20O. The lowest BCUT2D eigenvalue weighted by Gasteiger charge is -2.25. The van der Waals surface area contributed by atoms with Gasteiger partial charge in [0.05, 0.1) is 0 Å². The van der Waals surface area contributed by atoms with Crippen molar-refractivity contribution in [2.24, 2.45) is 0 Å². The van der Waals surface area contributed by atoms with Crippen molar-refractivity contribution in [1.82, 2.24) is 0 Å². The fraction of sp³-hybridized carbons (Fsp3) is 0.263. The van der Waals surface area contributed by atoms with Gasteiger partial charge in [-0.25, -0.2) is 0 Å². The smallest absolute Gasteiger partial charge is 0.131 e. The maximum atomic E-state index is 5.97. The minimum Gasteiger partial charge on any atom is -0.489 e. The third-order valence-electron chi connectivity index (χ3n) is 3.89. The number of hydrogen-bond donors (Lipinski definition) is 0. The lowest BCUT2D eigenvalue weighted by atomic mass is 9.88. The second-order valence-electron chi connectivity index (χ2n) is 5.63. The lowest BCUT2D eigenvalue weighted by molar-refractivity contribution is 0.351. The molecule has 0 aliphatic carbocycles. The maximum absolute atomic E-state index is 5.97. The Morgan fingerprint density at radius 1 is 1.00 bits per heavy atom. The molecule has 0 amide bonds. The van der Waals surface area contributed by atoms with Crippen molar-refractivity contribution in [2.45, 2.75) is 26.7 Å².